The number of rotatable bonds is 6. The summed E-state index contributed by atoms with van der Waals surface area (Å²) in [4.78, 5) is 15.6. The summed E-state index contributed by atoms with van der Waals surface area (Å²) in [5.74, 6) is 0.627. The van der Waals surface area contributed by atoms with Gasteiger partial charge in [-0.15, -0.1) is 11.3 Å². The lowest BCUT2D eigenvalue weighted by Gasteiger charge is -2.18. The molecule has 1 atom stereocenters. The zero-order valence-corrected chi connectivity index (χ0v) is 13.3. The molecule has 0 bridgehead atoms. The molecule has 20 heavy (non-hydrogen) atoms. The van der Waals surface area contributed by atoms with Gasteiger partial charge in [-0.3, -0.25) is 10.1 Å². The van der Waals surface area contributed by atoms with Crippen molar-refractivity contribution >= 4 is 38.8 Å². The first kappa shape index (κ1) is 14.9. The van der Waals surface area contributed by atoms with E-state index >= 15 is 0 Å². The van der Waals surface area contributed by atoms with Crippen LogP contribution in [0.2, 0.25) is 0 Å². The second kappa shape index (κ2) is 6.81. The van der Waals surface area contributed by atoms with E-state index in [4.69, 9.17) is 0 Å². The zero-order valence-electron chi connectivity index (χ0n) is 10.9. The molecule has 106 valence electrons. The molecule has 0 aliphatic heterocycles. The summed E-state index contributed by atoms with van der Waals surface area (Å²) in [6.45, 7) is 2.13. The maximum absolute atomic E-state index is 10.7. The molecule has 0 fully saturated rings. The Bertz CT molecular complexity index is 589. The van der Waals surface area contributed by atoms with Gasteiger partial charge >= 0.3 is 0 Å². The molecular weight excluding hydrogens is 342 g/mol. The van der Waals surface area contributed by atoms with Crippen molar-refractivity contribution in [2.75, 3.05) is 5.32 Å². The lowest BCUT2D eigenvalue weighted by Crippen LogP contribution is -2.11. The minimum absolute atomic E-state index is 0.0226. The van der Waals surface area contributed by atoms with Crippen LogP contribution in [0.5, 0.6) is 0 Å². The van der Waals surface area contributed by atoms with Crippen molar-refractivity contribution in [3.63, 3.8) is 0 Å². The van der Waals surface area contributed by atoms with Gasteiger partial charge in [-0.2, -0.15) is 0 Å². The van der Waals surface area contributed by atoms with E-state index in [1.54, 1.807) is 11.3 Å². The van der Waals surface area contributed by atoms with Crippen LogP contribution in [0.3, 0.4) is 0 Å². The SMILES string of the molecule is CCCC(Nc1ncc([N+](=O)[O-])cc1Br)c1cccs1. The van der Waals surface area contributed by atoms with E-state index in [1.807, 2.05) is 11.4 Å². The number of nitrogens with zero attached hydrogens (tertiary/aromatic N) is 2. The van der Waals surface area contributed by atoms with Crippen molar-refractivity contribution < 1.29 is 4.92 Å². The number of pyridine rings is 1. The minimum atomic E-state index is -0.454. The van der Waals surface area contributed by atoms with Gasteiger partial charge < -0.3 is 5.32 Å². The number of hydrogen-bond acceptors (Lipinski definition) is 5. The topological polar surface area (TPSA) is 68.1 Å². The van der Waals surface area contributed by atoms with E-state index in [1.165, 1.54) is 17.1 Å². The number of halogens is 1. The van der Waals surface area contributed by atoms with Gasteiger partial charge in [-0.05, 0) is 33.8 Å². The molecule has 0 aliphatic rings. The van der Waals surface area contributed by atoms with E-state index in [2.05, 4.69) is 39.2 Å². The average Bonchev–Trinajstić information content (AvgIpc) is 2.94. The Morgan fingerprint density at radius 1 is 1.60 bits per heavy atom. The summed E-state index contributed by atoms with van der Waals surface area (Å²) in [6, 6.07) is 5.73. The fraction of sp³-hybridized carbons (Fsp3) is 0.308. The second-order valence-electron chi connectivity index (χ2n) is 4.28. The average molecular weight is 356 g/mol. The molecule has 1 unspecified atom stereocenters. The molecule has 0 aromatic carbocycles. The van der Waals surface area contributed by atoms with Crippen LogP contribution in [-0.2, 0) is 0 Å². The molecule has 0 saturated carbocycles. The first-order valence-corrected chi connectivity index (χ1v) is 7.89. The van der Waals surface area contributed by atoms with E-state index in [9.17, 15) is 10.1 Å². The molecule has 0 spiro atoms. The van der Waals surface area contributed by atoms with Crippen molar-refractivity contribution in [1.29, 1.82) is 0 Å². The molecule has 1 N–H and O–H groups in total. The van der Waals surface area contributed by atoms with Gasteiger partial charge in [0, 0.05) is 10.9 Å². The predicted molar refractivity (Wildman–Crippen MR) is 84.2 cm³/mol. The molecule has 2 aromatic heterocycles. The predicted octanol–water partition coefficient (Wildman–Crippen LogP) is 4.77. The monoisotopic (exact) mass is 355 g/mol. The molecule has 0 aliphatic carbocycles. The molecule has 0 amide bonds. The van der Waals surface area contributed by atoms with Gasteiger partial charge in [-0.1, -0.05) is 19.4 Å². The Morgan fingerprint density at radius 3 is 2.95 bits per heavy atom. The maximum atomic E-state index is 10.7. The van der Waals surface area contributed by atoms with Gasteiger partial charge in [0.15, 0.2) is 0 Å². The number of anilines is 1. The molecule has 7 heteroatoms. The van der Waals surface area contributed by atoms with E-state index < -0.39 is 4.92 Å². The third-order valence-electron chi connectivity index (χ3n) is 2.81. The van der Waals surface area contributed by atoms with Crippen LogP contribution in [0, 0.1) is 10.1 Å². The summed E-state index contributed by atoms with van der Waals surface area (Å²) in [5.41, 5.74) is -0.0226. The number of nitrogens with one attached hydrogen (secondary N) is 1. The summed E-state index contributed by atoms with van der Waals surface area (Å²) in [7, 11) is 0. The molecule has 2 heterocycles. The Hall–Kier alpha value is -1.47. The minimum Gasteiger partial charge on any atom is -0.362 e. The van der Waals surface area contributed by atoms with Crippen LogP contribution in [0.1, 0.15) is 30.7 Å². The van der Waals surface area contributed by atoms with Crippen molar-refractivity contribution in [2.45, 2.75) is 25.8 Å². The van der Waals surface area contributed by atoms with Gasteiger partial charge in [0.2, 0.25) is 0 Å². The third-order valence-corrected chi connectivity index (χ3v) is 4.40. The molecule has 0 saturated heterocycles. The van der Waals surface area contributed by atoms with Crippen LogP contribution in [0.25, 0.3) is 0 Å². The zero-order chi connectivity index (χ0) is 14.5. The largest absolute Gasteiger partial charge is 0.362 e. The Kier molecular flexibility index (Phi) is 5.08. The van der Waals surface area contributed by atoms with Crippen molar-refractivity contribution in [3.05, 3.63) is 49.2 Å². The van der Waals surface area contributed by atoms with Crippen LogP contribution in [0.4, 0.5) is 11.5 Å². The van der Waals surface area contributed by atoms with Crippen molar-refractivity contribution in [2.24, 2.45) is 0 Å². The summed E-state index contributed by atoms with van der Waals surface area (Å²) < 4.78 is 0.601. The molecule has 5 nitrogen and oxygen atoms in total. The summed E-state index contributed by atoms with van der Waals surface area (Å²) in [5, 5.41) is 16.1. The third kappa shape index (κ3) is 3.55. The Labute approximate surface area is 129 Å². The van der Waals surface area contributed by atoms with Gasteiger partial charge in [-0.25, -0.2) is 4.98 Å². The number of nitro groups is 1. The molecular formula is C13H14BrN3O2S. The normalized spacial score (nSPS) is 12.1. The fourth-order valence-corrected chi connectivity index (χ4v) is 3.13. The van der Waals surface area contributed by atoms with Crippen LogP contribution >= 0.6 is 27.3 Å². The highest BCUT2D eigenvalue weighted by Gasteiger charge is 2.16. The highest BCUT2D eigenvalue weighted by Crippen LogP contribution is 2.31. The van der Waals surface area contributed by atoms with Crippen molar-refractivity contribution in [1.82, 2.24) is 4.98 Å². The van der Waals surface area contributed by atoms with Gasteiger partial charge in [0.1, 0.15) is 12.0 Å². The Balaban J connectivity index is 2.21. The number of hydrogen-bond donors (Lipinski definition) is 1. The van der Waals surface area contributed by atoms with Crippen molar-refractivity contribution in [3.8, 4) is 0 Å². The molecule has 2 rings (SSSR count). The van der Waals surface area contributed by atoms with Crippen LogP contribution in [-0.4, -0.2) is 9.91 Å². The number of aromatic nitrogens is 1. The highest BCUT2D eigenvalue weighted by molar-refractivity contribution is 9.10. The fourth-order valence-electron chi connectivity index (χ4n) is 1.86. The quantitative estimate of drug-likeness (QED) is 0.598. The highest BCUT2D eigenvalue weighted by atomic mass is 79.9. The maximum Gasteiger partial charge on any atom is 0.288 e. The van der Waals surface area contributed by atoms with Crippen LogP contribution < -0.4 is 5.32 Å². The first-order valence-electron chi connectivity index (χ1n) is 6.21. The Morgan fingerprint density at radius 2 is 2.40 bits per heavy atom. The lowest BCUT2D eigenvalue weighted by molar-refractivity contribution is -0.385. The van der Waals surface area contributed by atoms with E-state index in [0.29, 0.717) is 10.3 Å². The molecule has 2 aromatic rings. The molecule has 0 radical (unpaired) electrons. The lowest BCUT2D eigenvalue weighted by atomic mass is 10.1. The second-order valence-corrected chi connectivity index (χ2v) is 6.12. The van der Waals surface area contributed by atoms with E-state index in [0.717, 1.165) is 12.8 Å². The smallest absolute Gasteiger partial charge is 0.288 e. The number of thiophene rings is 1. The van der Waals surface area contributed by atoms with Crippen LogP contribution in [0.15, 0.2) is 34.2 Å². The first-order chi connectivity index (χ1) is 9.61. The standard InChI is InChI=1S/C13H14BrN3O2S/c1-2-4-11(12-5-3-6-20-12)16-13-10(14)7-9(8-15-13)17(18)19/h3,5-8,11H,2,4H2,1H3,(H,15,16). The summed E-state index contributed by atoms with van der Waals surface area (Å²) in [6.07, 6.45) is 3.29. The van der Waals surface area contributed by atoms with E-state index in [-0.39, 0.29) is 11.7 Å². The van der Waals surface area contributed by atoms with Gasteiger partial charge in [0.25, 0.3) is 5.69 Å². The summed E-state index contributed by atoms with van der Waals surface area (Å²) >= 11 is 5.02. The van der Waals surface area contributed by atoms with Gasteiger partial charge in [0.05, 0.1) is 15.4 Å².